The average molecular weight is 437 g/mol. The van der Waals surface area contributed by atoms with Gasteiger partial charge in [-0.1, -0.05) is 60.6 Å². The van der Waals surface area contributed by atoms with Crippen LogP contribution in [0, 0.1) is 5.92 Å². The van der Waals surface area contributed by atoms with E-state index >= 15 is 0 Å². The van der Waals surface area contributed by atoms with Crippen LogP contribution in [0.2, 0.25) is 0 Å². The third kappa shape index (κ3) is 5.28. The van der Waals surface area contributed by atoms with Gasteiger partial charge in [0.25, 0.3) is 0 Å². The second kappa shape index (κ2) is 10.0. The number of carbonyl (C=O) groups excluding carboxylic acids is 1. The Kier molecular flexibility index (Phi) is 6.92. The van der Waals surface area contributed by atoms with Gasteiger partial charge in [0.05, 0.1) is 13.2 Å². The Morgan fingerprint density at radius 3 is 2.52 bits per heavy atom. The Morgan fingerprint density at radius 2 is 1.87 bits per heavy atom. The van der Waals surface area contributed by atoms with Crippen molar-refractivity contribution in [2.75, 3.05) is 7.11 Å². The predicted molar refractivity (Wildman–Crippen MR) is 122 cm³/mol. The van der Waals surface area contributed by atoms with Crippen molar-refractivity contribution in [2.45, 2.75) is 42.6 Å². The predicted octanol–water partition coefficient (Wildman–Crippen LogP) is 4.32. The summed E-state index contributed by atoms with van der Waals surface area (Å²) in [6.45, 7) is 0. The van der Waals surface area contributed by atoms with Crippen molar-refractivity contribution in [2.24, 2.45) is 13.0 Å². The molecule has 0 saturated heterocycles. The van der Waals surface area contributed by atoms with Crippen LogP contribution in [0.15, 0.2) is 59.8 Å². The van der Waals surface area contributed by atoms with Gasteiger partial charge in [0.1, 0.15) is 5.75 Å². The first-order chi connectivity index (χ1) is 15.1. The van der Waals surface area contributed by atoms with Crippen molar-refractivity contribution in [3.63, 3.8) is 0 Å². The summed E-state index contributed by atoms with van der Waals surface area (Å²) in [5.41, 5.74) is 2.35. The molecule has 1 N–H and O–H groups in total. The van der Waals surface area contributed by atoms with Crippen LogP contribution in [-0.2, 0) is 24.0 Å². The molecule has 0 unspecified atom stereocenters. The van der Waals surface area contributed by atoms with Crippen LogP contribution in [0.4, 0.5) is 0 Å². The van der Waals surface area contributed by atoms with Crippen molar-refractivity contribution in [3.05, 3.63) is 71.5 Å². The average Bonchev–Trinajstić information content (AvgIpc) is 3.12. The van der Waals surface area contributed by atoms with E-state index in [0.29, 0.717) is 6.42 Å². The maximum Gasteiger partial charge on any atom is 0.223 e. The topological polar surface area (TPSA) is 69.0 Å². The first kappa shape index (κ1) is 21.4. The van der Waals surface area contributed by atoms with Crippen LogP contribution in [0.1, 0.15) is 42.3 Å². The minimum Gasteiger partial charge on any atom is -0.497 e. The van der Waals surface area contributed by atoms with E-state index < -0.39 is 0 Å². The first-order valence-electron chi connectivity index (χ1n) is 10.6. The maximum absolute atomic E-state index is 12.7. The van der Waals surface area contributed by atoms with E-state index in [0.717, 1.165) is 47.3 Å². The lowest BCUT2D eigenvalue weighted by atomic mass is 9.84. The summed E-state index contributed by atoms with van der Waals surface area (Å²) in [5.74, 6) is 2.68. The van der Waals surface area contributed by atoms with Gasteiger partial charge in [-0.25, -0.2) is 0 Å². The van der Waals surface area contributed by atoms with E-state index in [1.165, 1.54) is 5.56 Å². The van der Waals surface area contributed by atoms with Crippen molar-refractivity contribution in [1.29, 1.82) is 0 Å². The van der Waals surface area contributed by atoms with E-state index in [9.17, 15) is 4.79 Å². The summed E-state index contributed by atoms with van der Waals surface area (Å²) in [6, 6.07) is 18.0. The highest BCUT2D eigenvalue weighted by Gasteiger charge is 2.29. The zero-order valence-corrected chi connectivity index (χ0v) is 18.8. The molecule has 0 spiro atoms. The second-order valence-corrected chi connectivity index (χ2v) is 8.86. The molecular formula is C24H28N4O2S. The van der Waals surface area contributed by atoms with Crippen LogP contribution < -0.4 is 10.1 Å². The number of nitrogens with zero attached hydrogens (tertiary/aromatic N) is 3. The largest absolute Gasteiger partial charge is 0.497 e. The van der Waals surface area contributed by atoms with Gasteiger partial charge in [-0.05, 0) is 42.5 Å². The number of amides is 1. The van der Waals surface area contributed by atoms with E-state index in [4.69, 9.17) is 4.74 Å². The molecular weight excluding hydrogens is 408 g/mol. The highest BCUT2D eigenvalue weighted by molar-refractivity contribution is 7.98. The number of methoxy groups -OCH3 is 1. The number of carbonyl (C=O) groups is 1. The maximum atomic E-state index is 12.7. The highest BCUT2D eigenvalue weighted by atomic mass is 32.2. The molecule has 7 heteroatoms. The molecule has 0 radical (unpaired) electrons. The fourth-order valence-electron chi connectivity index (χ4n) is 3.64. The number of aromatic nitrogens is 3. The number of rotatable bonds is 9. The van der Waals surface area contributed by atoms with Gasteiger partial charge in [0.15, 0.2) is 11.0 Å². The molecule has 1 saturated carbocycles. The van der Waals surface area contributed by atoms with Gasteiger partial charge in [-0.15, -0.1) is 10.2 Å². The van der Waals surface area contributed by atoms with Gasteiger partial charge >= 0.3 is 0 Å². The molecule has 2 aromatic carbocycles. The lowest BCUT2D eigenvalue weighted by Gasteiger charge is -2.27. The zero-order valence-electron chi connectivity index (χ0n) is 18.0. The SMILES string of the molecule is COc1ccc(CSc2nnc([C@@H](Cc3ccccc3)NC(=O)C3CCC3)n2C)cc1. The van der Waals surface area contributed by atoms with Crippen LogP contribution in [0.5, 0.6) is 5.75 Å². The number of nitrogens with one attached hydrogen (secondary N) is 1. The summed E-state index contributed by atoms with van der Waals surface area (Å²) >= 11 is 1.63. The standard InChI is InChI=1S/C24H28N4O2S/c1-28-22(26-27-24(28)31-16-18-11-13-20(30-2)14-12-18)21(15-17-7-4-3-5-8-17)25-23(29)19-9-6-10-19/h3-5,7-8,11-14,19,21H,6,9-10,15-16H2,1-2H3,(H,25,29)/t21-/m1/s1. The molecule has 31 heavy (non-hydrogen) atoms. The van der Waals surface area contributed by atoms with Crippen molar-refractivity contribution in [1.82, 2.24) is 20.1 Å². The van der Waals surface area contributed by atoms with Gasteiger partial charge < -0.3 is 14.6 Å². The number of benzene rings is 2. The summed E-state index contributed by atoms with van der Waals surface area (Å²) in [7, 11) is 3.64. The smallest absolute Gasteiger partial charge is 0.223 e. The molecule has 1 aliphatic rings. The molecule has 162 valence electrons. The highest BCUT2D eigenvalue weighted by Crippen LogP contribution is 2.29. The normalized spacial score (nSPS) is 14.6. The quantitative estimate of drug-likeness (QED) is 0.506. The van der Waals surface area contributed by atoms with Crippen molar-refractivity contribution < 1.29 is 9.53 Å². The minimum atomic E-state index is -0.205. The first-order valence-corrected chi connectivity index (χ1v) is 11.6. The van der Waals surface area contributed by atoms with Crippen LogP contribution in [-0.4, -0.2) is 27.8 Å². The van der Waals surface area contributed by atoms with Crippen LogP contribution in [0.25, 0.3) is 0 Å². The third-order valence-electron chi connectivity index (χ3n) is 5.78. The summed E-state index contributed by atoms with van der Waals surface area (Å²) in [4.78, 5) is 12.7. The molecule has 1 fully saturated rings. The van der Waals surface area contributed by atoms with Crippen LogP contribution >= 0.6 is 11.8 Å². The molecule has 1 aliphatic carbocycles. The molecule has 6 nitrogen and oxygen atoms in total. The van der Waals surface area contributed by atoms with E-state index in [2.05, 4.69) is 39.8 Å². The fraction of sp³-hybridized carbons (Fsp3) is 0.375. The van der Waals surface area contributed by atoms with E-state index in [1.807, 2.05) is 41.9 Å². The molecule has 0 aliphatic heterocycles. The summed E-state index contributed by atoms with van der Waals surface area (Å²) in [6.07, 6.45) is 3.78. The van der Waals surface area contributed by atoms with E-state index in [-0.39, 0.29) is 17.9 Å². The van der Waals surface area contributed by atoms with E-state index in [1.54, 1.807) is 18.9 Å². The van der Waals surface area contributed by atoms with Gasteiger partial charge in [0, 0.05) is 18.7 Å². The molecule has 3 aromatic rings. The monoisotopic (exact) mass is 436 g/mol. The number of hydrogen-bond donors (Lipinski definition) is 1. The lowest BCUT2D eigenvalue weighted by Crippen LogP contribution is -2.38. The Labute approximate surface area is 187 Å². The molecule has 1 amide bonds. The van der Waals surface area contributed by atoms with Crippen molar-refractivity contribution in [3.8, 4) is 5.75 Å². The Balaban J connectivity index is 1.48. The number of ether oxygens (including phenoxy) is 1. The molecule has 1 aromatic heterocycles. The molecule has 4 rings (SSSR count). The third-order valence-corrected chi connectivity index (χ3v) is 6.87. The second-order valence-electron chi connectivity index (χ2n) is 7.92. The lowest BCUT2D eigenvalue weighted by molar-refractivity contribution is -0.128. The Bertz CT molecular complexity index is 1000. The fourth-order valence-corrected chi connectivity index (χ4v) is 4.52. The van der Waals surface area contributed by atoms with Gasteiger partial charge in [-0.2, -0.15) is 0 Å². The van der Waals surface area contributed by atoms with Gasteiger partial charge in [0.2, 0.25) is 5.91 Å². The van der Waals surface area contributed by atoms with Crippen LogP contribution in [0.3, 0.4) is 0 Å². The molecule has 1 heterocycles. The summed E-state index contributed by atoms with van der Waals surface area (Å²) in [5, 5.41) is 13.0. The number of thioether (sulfide) groups is 1. The minimum absolute atomic E-state index is 0.127. The van der Waals surface area contributed by atoms with Gasteiger partial charge in [-0.3, -0.25) is 4.79 Å². The number of hydrogen-bond acceptors (Lipinski definition) is 5. The zero-order chi connectivity index (χ0) is 21.6. The summed E-state index contributed by atoms with van der Waals surface area (Å²) < 4.78 is 7.23. The molecule has 0 bridgehead atoms. The van der Waals surface area contributed by atoms with Crippen molar-refractivity contribution >= 4 is 17.7 Å². The Hall–Kier alpha value is -2.80. The molecule has 1 atom stereocenters. The Morgan fingerprint density at radius 1 is 1.13 bits per heavy atom.